The van der Waals surface area contributed by atoms with E-state index in [9.17, 15) is 9.59 Å². The fourth-order valence-electron chi connectivity index (χ4n) is 2.90. The Hall–Kier alpha value is -2.42. The molecule has 0 heterocycles. The highest BCUT2D eigenvalue weighted by Gasteiger charge is 2.23. The molecule has 0 aliphatic carbocycles. The molecule has 3 heteroatoms. The van der Waals surface area contributed by atoms with Gasteiger partial charge in [0.05, 0.1) is 5.56 Å². The Morgan fingerprint density at radius 2 is 1.24 bits per heavy atom. The zero-order valence-corrected chi connectivity index (χ0v) is 15.5. The van der Waals surface area contributed by atoms with Crippen molar-refractivity contribution in [3.8, 4) is 0 Å². The van der Waals surface area contributed by atoms with E-state index in [4.69, 9.17) is 0 Å². The van der Waals surface area contributed by atoms with Gasteiger partial charge in [0.15, 0.2) is 5.78 Å². The largest absolute Gasteiger partial charge is 0.338 e. The van der Waals surface area contributed by atoms with Crippen LogP contribution in [-0.2, 0) is 0 Å². The number of rotatable bonds is 7. The smallest absolute Gasteiger partial charge is 0.254 e. The van der Waals surface area contributed by atoms with E-state index in [0.29, 0.717) is 41.6 Å². The Bertz CT molecular complexity index is 710. The second-order valence-electron chi connectivity index (χ2n) is 7.24. The minimum atomic E-state index is -0.112. The molecule has 3 nitrogen and oxygen atoms in total. The van der Waals surface area contributed by atoms with Crippen LogP contribution in [0.5, 0.6) is 0 Å². The lowest BCUT2D eigenvalue weighted by atomic mass is 9.97. The molecule has 0 aliphatic rings. The Labute approximate surface area is 150 Å². The van der Waals surface area contributed by atoms with Gasteiger partial charge in [0.25, 0.3) is 5.91 Å². The first kappa shape index (κ1) is 18.9. The highest BCUT2D eigenvalue weighted by atomic mass is 16.2. The van der Waals surface area contributed by atoms with E-state index in [1.165, 1.54) is 0 Å². The predicted molar refractivity (Wildman–Crippen MR) is 102 cm³/mol. The van der Waals surface area contributed by atoms with E-state index < -0.39 is 0 Å². The standard InChI is InChI=1S/C22H27NO2/c1-16(2)14-23(15-17(3)4)22(25)20-13-9-8-12-19(20)21(24)18-10-6-5-7-11-18/h5-13,16-17H,14-15H2,1-4H3. The van der Waals surface area contributed by atoms with Crippen molar-refractivity contribution < 1.29 is 9.59 Å². The zero-order chi connectivity index (χ0) is 18.4. The van der Waals surface area contributed by atoms with Crippen LogP contribution in [0.2, 0.25) is 0 Å². The van der Waals surface area contributed by atoms with Crippen molar-refractivity contribution in [2.45, 2.75) is 27.7 Å². The number of carbonyl (C=O) groups excluding carboxylic acids is 2. The molecule has 0 spiro atoms. The Balaban J connectivity index is 2.38. The summed E-state index contributed by atoms with van der Waals surface area (Å²) < 4.78 is 0. The van der Waals surface area contributed by atoms with Crippen molar-refractivity contribution in [1.29, 1.82) is 0 Å². The molecule has 2 aromatic rings. The summed E-state index contributed by atoms with van der Waals surface area (Å²) >= 11 is 0. The molecular formula is C22H27NO2. The van der Waals surface area contributed by atoms with E-state index in [0.717, 1.165) is 0 Å². The van der Waals surface area contributed by atoms with Crippen molar-refractivity contribution in [1.82, 2.24) is 4.90 Å². The third-order valence-electron chi connectivity index (χ3n) is 3.90. The topological polar surface area (TPSA) is 37.4 Å². The highest BCUT2D eigenvalue weighted by Crippen LogP contribution is 2.18. The lowest BCUT2D eigenvalue weighted by molar-refractivity contribution is 0.0711. The number of benzene rings is 2. The van der Waals surface area contributed by atoms with Crippen LogP contribution in [0.1, 0.15) is 54.0 Å². The molecule has 2 rings (SSSR count). The lowest BCUT2D eigenvalue weighted by Crippen LogP contribution is -2.37. The molecule has 0 unspecified atom stereocenters. The Morgan fingerprint density at radius 3 is 1.76 bits per heavy atom. The van der Waals surface area contributed by atoms with Crippen LogP contribution in [0, 0.1) is 11.8 Å². The molecule has 25 heavy (non-hydrogen) atoms. The summed E-state index contributed by atoms with van der Waals surface area (Å²) in [6.07, 6.45) is 0. The molecule has 0 saturated heterocycles. The molecule has 2 aromatic carbocycles. The first-order chi connectivity index (χ1) is 11.9. The molecule has 0 saturated carbocycles. The van der Waals surface area contributed by atoms with E-state index in [1.54, 1.807) is 24.3 Å². The van der Waals surface area contributed by atoms with Gasteiger partial charge in [-0.1, -0.05) is 76.2 Å². The summed E-state index contributed by atoms with van der Waals surface area (Å²) in [6.45, 7) is 9.77. The van der Waals surface area contributed by atoms with Crippen molar-refractivity contribution in [3.05, 3.63) is 71.3 Å². The summed E-state index contributed by atoms with van der Waals surface area (Å²) in [5, 5.41) is 0. The molecule has 0 aromatic heterocycles. The molecule has 1 amide bonds. The molecule has 0 fully saturated rings. The van der Waals surface area contributed by atoms with E-state index in [2.05, 4.69) is 27.7 Å². The molecule has 0 bridgehead atoms. The normalized spacial score (nSPS) is 11.0. The predicted octanol–water partition coefficient (Wildman–Crippen LogP) is 4.67. The van der Waals surface area contributed by atoms with E-state index in [-0.39, 0.29) is 11.7 Å². The maximum Gasteiger partial charge on any atom is 0.254 e. The third-order valence-corrected chi connectivity index (χ3v) is 3.90. The molecule has 132 valence electrons. The highest BCUT2D eigenvalue weighted by molar-refractivity contribution is 6.15. The number of amides is 1. The van der Waals surface area contributed by atoms with Crippen LogP contribution >= 0.6 is 0 Å². The van der Waals surface area contributed by atoms with Crippen molar-refractivity contribution >= 4 is 11.7 Å². The van der Waals surface area contributed by atoms with Crippen LogP contribution in [0.3, 0.4) is 0 Å². The maximum atomic E-state index is 13.1. The molecule has 0 radical (unpaired) electrons. The summed E-state index contributed by atoms with van der Waals surface area (Å²) in [6, 6.07) is 16.2. The van der Waals surface area contributed by atoms with Gasteiger partial charge in [0.2, 0.25) is 0 Å². The van der Waals surface area contributed by atoms with Crippen LogP contribution in [0.25, 0.3) is 0 Å². The van der Waals surface area contributed by atoms with Gasteiger partial charge in [-0.15, -0.1) is 0 Å². The first-order valence-corrected chi connectivity index (χ1v) is 8.88. The number of carbonyl (C=O) groups is 2. The summed E-state index contributed by atoms with van der Waals surface area (Å²) in [5.41, 5.74) is 1.55. The van der Waals surface area contributed by atoms with Crippen LogP contribution in [-0.4, -0.2) is 29.7 Å². The van der Waals surface area contributed by atoms with Gasteiger partial charge >= 0.3 is 0 Å². The fourth-order valence-corrected chi connectivity index (χ4v) is 2.90. The van der Waals surface area contributed by atoms with Gasteiger partial charge in [0, 0.05) is 24.2 Å². The SMILES string of the molecule is CC(C)CN(CC(C)C)C(=O)c1ccccc1C(=O)c1ccccc1. The Morgan fingerprint density at radius 1 is 0.760 bits per heavy atom. The molecule has 0 aliphatic heterocycles. The van der Waals surface area contributed by atoms with E-state index >= 15 is 0 Å². The maximum absolute atomic E-state index is 13.1. The number of hydrogen-bond donors (Lipinski definition) is 0. The first-order valence-electron chi connectivity index (χ1n) is 8.88. The van der Waals surface area contributed by atoms with Gasteiger partial charge < -0.3 is 4.90 Å². The fraction of sp³-hybridized carbons (Fsp3) is 0.364. The zero-order valence-electron chi connectivity index (χ0n) is 15.5. The molecule has 0 atom stereocenters. The van der Waals surface area contributed by atoms with Crippen molar-refractivity contribution in [3.63, 3.8) is 0 Å². The Kier molecular flexibility index (Phi) is 6.51. The number of ketones is 1. The second kappa shape index (κ2) is 8.61. The number of hydrogen-bond acceptors (Lipinski definition) is 2. The summed E-state index contributed by atoms with van der Waals surface area (Å²) in [7, 11) is 0. The van der Waals surface area contributed by atoms with Gasteiger partial charge in [-0.2, -0.15) is 0 Å². The van der Waals surface area contributed by atoms with Crippen LogP contribution in [0.4, 0.5) is 0 Å². The third kappa shape index (κ3) is 5.02. The van der Waals surface area contributed by atoms with Gasteiger partial charge in [-0.3, -0.25) is 9.59 Å². The lowest BCUT2D eigenvalue weighted by Gasteiger charge is -2.27. The van der Waals surface area contributed by atoms with Gasteiger partial charge in [-0.05, 0) is 17.9 Å². The second-order valence-corrected chi connectivity index (χ2v) is 7.24. The minimum absolute atomic E-state index is 0.0673. The van der Waals surface area contributed by atoms with Crippen LogP contribution < -0.4 is 0 Å². The quantitative estimate of drug-likeness (QED) is 0.688. The minimum Gasteiger partial charge on any atom is -0.338 e. The summed E-state index contributed by atoms with van der Waals surface area (Å²) in [4.78, 5) is 27.9. The van der Waals surface area contributed by atoms with Crippen molar-refractivity contribution in [2.24, 2.45) is 11.8 Å². The monoisotopic (exact) mass is 337 g/mol. The average Bonchev–Trinajstić information content (AvgIpc) is 2.60. The van der Waals surface area contributed by atoms with Crippen molar-refractivity contribution in [2.75, 3.05) is 13.1 Å². The molecule has 0 N–H and O–H groups in total. The summed E-state index contributed by atoms with van der Waals surface area (Å²) in [5.74, 6) is 0.570. The van der Waals surface area contributed by atoms with Gasteiger partial charge in [-0.25, -0.2) is 0 Å². The van der Waals surface area contributed by atoms with Gasteiger partial charge in [0.1, 0.15) is 0 Å². The van der Waals surface area contributed by atoms with E-state index in [1.807, 2.05) is 35.2 Å². The average molecular weight is 337 g/mol. The number of nitrogens with zero attached hydrogens (tertiary/aromatic N) is 1. The molecular weight excluding hydrogens is 310 g/mol. The van der Waals surface area contributed by atoms with Crippen LogP contribution in [0.15, 0.2) is 54.6 Å².